The molecule has 0 radical (unpaired) electrons. The van der Waals surface area contributed by atoms with E-state index in [9.17, 15) is 9.59 Å². The highest BCUT2D eigenvalue weighted by molar-refractivity contribution is 6.18. The zero-order valence-corrected chi connectivity index (χ0v) is 15.0. The molecule has 0 saturated heterocycles. The van der Waals surface area contributed by atoms with Crippen molar-refractivity contribution in [3.8, 4) is 5.75 Å². The van der Waals surface area contributed by atoms with Gasteiger partial charge in [0.25, 0.3) is 11.5 Å². The second-order valence-corrected chi connectivity index (χ2v) is 6.52. The number of pyridine rings is 1. The highest BCUT2D eigenvalue weighted by atomic mass is 16.5. The van der Waals surface area contributed by atoms with Gasteiger partial charge in [0.05, 0.1) is 7.11 Å². The summed E-state index contributed by atoms with van der Waals surface area (Å²) in [6.45, 7) is 0. The van der Waals surface area contributed by atoms with Gasteiger partial charge in [-0.15, -0.1) is 0 Å². The van der Waals surface area contributed by atoms with Crippen LogP contribution in [0.1, 0.15) is 37.7 Å². The Morgan fingerprint density at radius 1 is 1.12 bits per heavy atom. The third kappa shape index (κ3) is 4.42. The van der Waals surface area contributed by atoms with Crippen LogP contribution in [0, 0.1) is 0 Å². The number of aromatic nitrogens is 1. The molecule has 1 saturated carbocycles. The molecular weight excluding hydrogens is 328 g/mol. The van der Waals surface area contributed by atoms with Crippen molar-refractivity contribution in [3.05, 3.63) is 64.6 Å². The SMILES string of the molecule is COc1ccc(/C=C(\C(=O)NC2CCCCC2)n2ccccc2=O)cc1. The Morgan fingerprint density at radius 3 is 2.50 bits per heavy atom. The molecule has 0 atom stereocenters. The smallest absolute Gasteiger partial charge is 0.268 e. The van der Waals surface area contributed by atoms with E-state index in [0.29, 0.717) is 5.70 Å². The summed E-state index contributed by atoms with van der Waals surface area (Å²) in [6, 6.07) is 12.4. The van der Waals surface area contributed by atoms with Crippen LogP contribution in [0.3, 0.4) is 0 Å². The Kier molecular flexibility index (Phi) is 5.89. The molecular formula is C21H24N2O3. The average Bonchev–Trinajstić information content (AvgIpc) is 2.68. The van der Waals surface area contributed by atoms with E-state index < -0.39 is 0 Å². The predicted molar refractivity (Wildman–Crippen MR) is 103 cm³/mol. The quantitative estimate of drug-likeness (QED) is 0.840. The molecule has 26 heavy (non-hydrogen) atoms. The van der Waals surface area contributed by atoms with Gasteiger partial charge in [-0.2, -0.15) is 0 Å². The molecule has 1 aromatic heterocycles. The van der Waals surface area contributed by atoms with E-state index in [4.69, 9.17) is 4.74 Å². The summed E-state index contributed by atoms with van der Waals surface area (Å²) in [4.78, 5) is 25.2. The number of hydrogen-bond acceptors (Lipinski definition) is 3. The lowest BCUT2D eigenvalue weighted by molar-refractivity contribution is -0.116. The number of rotatable bonds is 5. The molecule has 1 fully saturated rings. The number of carbonyl (C=O) groups is 1. The molecule has 0 bridgehead atoms. The summed E-state index contributed by atoms with van der Waals surface area (Å²) in [5.74, 6) is 0.522. The average molecular weight is 352 g/mol. The molecule has 1 heterocycles. The zero-order chi connectivity index (χ0) is 18.4. The first-order valence-corrected chi connectivity index (χ1v) is 9.02. The summed E-state index contributed by atoms with van der Waals surface area (Å²) < 4.78 is 6.56. The third-order valence-electron chi connectivity index (χ3n) is 4.67. The molecule has 1 aliphatic rings. The van der Waals surface area contributed by atoms with Crippen LogP contribution in [-0.4, -0.2) is 23.6 Å². The Morgan fingerprint density at radius 2 is 1.85 bits per heavy atom. The van der Waals surface area contributed by atoms with Crippen molar-refractivity contribution < 1.29 is 9.53 Å². The molecule has 0 spiro atoms. The molecule has 5 nitrogen and oxygen atoms in total. The lowest BCUT2D eigenvalue weighted by atomic mass is 9.95. The van der Waals surface area contributed by atoms with Crippen LogP contribution >= 0.6 is 0 Å². The topological polar surface area (TPSA) is 60.3 Å². The maximum atomic E-state index is 12.9. The summed E-state index contributed by atoms with van der Waals surface area (Å²) >= 11 is 0. The number of methoxy groups -OCH3 is 1. The monoisotopic (exact) mass is 352 g/mol. The van der Waals surface area contributed by atoms with Crippen molar-refractivity contribution in [3.63, 3.8) is 0 Å². The Labute approximate surface area is 153 Å². The van der Waals surface area contributed by atoms with Crippen molar-refractivity contribution in [2.45, 2.75) is 38.1 Å². The van der Waals surface area contributed by atoms with Gasteiger partial charge in [0.15, 0.2) is 0 Å². The van der Waals surface area contributed by atoms with Crippen LogP contribution in [-0.2, 0) is 4.79 Å². The normalized spacial score (nSPS) is 15.5. The van der Waals surface area contributed by atoms with Crippen LogP contribution in [0.4, 0.5) is 0 Å². The van der Waals surface area contributed by atoms with Gasteiger partial charge in [-0.3, -0.25) is 14.2 Å². The molecule has 1 amide bonds. The van der Waals surface area contributed by atoms with Crippen molar-refractivity contribution >= 4 is 17.7 Å². The number of ether oxygens (including phenoxy) is 1. The van der Waals surface area contributed by atoms with Gasteiger partial charge >= 0.3 is 0 Å². The fraction of sp³-hybridized carbons (Fsp3) is 0.333. The van der Waals surface area contributed by atoms with E-state index in [-0.39, 0.29) is 17.5 Å². The van der Waals surface area contributed by atoms with Gasteiger partial charge < -0.3 is 10.1 Å². The lowest BCUT2D eigenvalue weighted by Gasteiger charge is -2.23. The van der Waals surface area contributed by atoms with Crippen LogP contribution in [0.15, 0.2) is 53.5 Å². The van der Waals surface area contributed by atoms with Crippen molar-refractivity contribution in [1.82, 2.24) is 9.88 Å². The molecule has 1 N–H and O–H groups in total. The summed E-state index contributed by atoms with van der Waals surface area (Å²) in [6.07, 6.45) is 8.83. The highest BCUT2D eigenvalue weighted by Gasteiger charge is 2.19. The molecule has 5 heteroatoms. The van der Waals surface area contributed by atoms with Crippen molar-refractivity contribution in [2.75, 3.05) is 7.11 Å². The van der Waals surface area contributed by atoms with E-state index >= 15 is 0 Å². The molecule has 1 aromatic carbocycles. The third-order valence-corrected chi connectivity index (χ3v) is 4.67. The number of amides is 1. The summed E-state index contributed by atoms with van der Waals surface area (Å²) in [5, 5.41) is 3.10. The predicted octanol–water partition coefficient (Wildman–Crippen LogP) is 3.30. The minimum atomic E-state index is -0.231. The molecule has 0 aliphatic heterocycles. The van der Waals surface area contributed by atoms with Gasteiger partial charge in [-0.05, 0) is 42.7 Å². The second kappa shape index (κ2) is 8.52. The minimum Gasteiger partial charge on any atom is -0.497 e. The van der Waals surface area contributed by atoms with Gasteiger partial charge in [-0.1, -0.05) is 37.5 Å². The van der Waals surface area contributed by atoms with Crippen LogP contribution < -0.4 is 15.6 Å². The van der Waals surface area contributed by atoms with Crippen LogP contribution in [0.25, 0.3) is 11.8 Å². The van der Waals surface area contributed by atoms with Gasteiger partial charge in [0.2, 0.25) is 0 Å². The molecule has 0 unspecified atom stereocenters. The Bertz CT molecular complexity index is 831. The number of carbonyl (C=O) groups excluding carboxylic acids is 1. The Hall–Kier alpha value is -2.82. The van der Waals surface area contributed by atoms with E-state index in [0.717, 1.165) is 37.0 Å². The summed E-state index contributed by atoms with van der Waals surface area (Å²) in [5.41, 5.74) is 0.924. The molecule has 2 aromatic rings. The van der Waals surface area contributed by atoms with Gasteiger partial charge in [-0.25, -0.2) is 0 Å². The lowest BCUT2D eigenvalue weighted by Crippen LogP contribution is -2.38. The van der Waals surface area contributed by atoms with Gasteiger partial charge in [0, 0.05) is 18.3 Å². The van der Waals surface area contributed by atoms with Crippen molar-refractivity contribution in [2.24, 2.45) is 0 Å². The zero-order valence-electron chi connectivity index (χ0n) is 15.0. The summed E-state index contributed by atoms with van der Waals surface area (Å²) in [7, 11) is 1.61. The first kappa shape index (κ1) is 18.0. The van der Waals surface area contributed by atoms with Crippen LogP contribution in [0.2, 0.25) is 0 Å². The van der Waals surface area contributed by atoms with E-state index in [1.54, 1.807) is 31.5 Å². The Balaban J connectivity index is 1.92. The standard InChI is InChI=1S/C21H24N2O3/c1-26-18-12-10-16(11-13-18)15-19(23-14-6-5-9-20(23)24)21(25)22-17-7-3-2-4-8-17/h5-6,9-15,17H,2-4,7-8H2,1H3,(H,22,25)/b19-15+. The maximum Gasteiger partial charge on any atom is 0.268 e. The number of nitrogens with zero attached hydrogens (tertiary/aromatic N) is 1. The number of benzene rings is 1. The second-order valence-electron chi connectivity index (χ2n) is 6.52. The molecule has 1 aliphatic carbocycles. The highest BCUT2D eigenvalue weighted by Crippen LogP contribution is 2.19. The number of hydrogen-bond donors (Lipinski definition) is 1. The molecule has 136 valence electrons. The maximum absolute atomic E-state index is 12.9. The van der Waals surface area contributed by atoms with E-state index in [1.807, 2.05) is 24.3 Å². The van der Waals surface area contributed by atoms with Crippen molar-refractivity contribution in [1.29, 1.82) is 0 Å². The van der Waals surface area contributed by atoms with E-state index in [1.165, 1.54) is 17.1 Å². The first-order chi connectivity index (χ1) is 12.7. The number of nitrogens with one attached hydrogen (secondary N) is 1. The largest absolute Gasteiger partial charge is 0.497 e. The van der Waals surface area contributed by atoms with E-state index in [2.05, 4.69) is 5.32 Å². The molecule has 3 rings (SSSR count). The van der Waals surface area contributed by atoms with Crippen LogP contribution in [0.5, 0.6) is 5.75 Å². The fourth-order valence-corrected chi connectivity index (χ4v) is 3.24. The fourth-order valence-electron chi connectivity index (χ4n) is 3.24. The first-order valence-electron chi connectivity index (χ1n) is 9.02. The minimum absolute atomic E-state index is 0.176. The van der Waals surface area contributed by atoms with Gasteiger partial charge in [0.1, 0.15) is 11.4 Å².